The Balaban J connectivity index is 2.11. The van der Waals surface area contributed by atoms with Crippen LogP contribution in [0.4, 0.5) is 0 Å². The number of hydrogen-bond donors (Lipinski definition) is 1. The summed E-state index contributed by atoms with van der Waals surface area (Å²) in [5.41, 5.74) is 1.73. The van der Waals surface area contributed by atoms with E-state index >= 15 is 0 Å². The molecule has 0 radical (unpaired) electrons. The first-order chi connectivity index (χ1) is 7.63. The molecule has 0 amide bonds. The largest absolute Gasteiger partial charge is 0.314 e. The summed E-state index contributed by atoms with van der Waals surface area (Å²) in [6.07, 6.45) is 2.84. The van der Waals surface area contributed by atoms with E-state index in [0.717, 1.165) is 11.8 Å². The van der Waals surface area contributed by atoms with Crippen molar-refractivity contribution in [2.45, 2.75) is 67.3 Å². The monoisotopic (exact) mass is 237 g/mol. The molecule has 2 fully saturated rings. The highest BCUT2D eigenvalue weighted by atomic mass is 14.9. The molecule has 0 aromatic rings. The predicted octanol–water partition coefficient (Wildman–Crippen LogP) is 4.08. The first kappa shape index (κ1) is 13.4. The molecule has 0 aliphatic heterocycles. The Morgan fingerprint density at radius 1 is 1.18 bits per heavy atom. The molecule has 1 N–H and O–H groups in total. The van der Waals surface area contributed by atoms with Gasteiger partial charge in [-0.15, -0.1) is 0 Å². The van der Waals surface area contributed by atoms with Crippen LogP contribution in [0.5, 0.6) is 0 Å². The van der Waals surface area contributed by atoms with Gasteiger partial charge in [0.25, 0.3) is 0 Å². The summed E-state index contributed by atoms with van der Waals surface area (Å²) in [5.74, 6) is 1.78. The third kappa shape index (κ3) is 1.85. The first-order valence-corrected chi connectivity index (χ1v) is 7.37. The zero-order valence-electron chi connectivity index (χ0n) is 12.9. The van der Waals surface area contributed by atoms with Gasteiger partial charge in [0, 0.05) is 6.04 Å². The Labute approximate surface area is 108 Å². The minimum Gasteiger partial charge on any atom is -0.314 e. The second kappa shape index (κ2) is 3.73. The standard InChI is InChI=1S/C16H31N/c1-11(2)17-9-13-15(6,7)16(13)10-14(4,5)8-12(16)3/h11-13,17H,8-10H2,1-7H3. The summed E-state index contributed by atoms with van der Waals surface area (Å²) in [4.78, 5) is 0. The Morgan fingerprint density at radius 2 is 1.76 bits per heavy atom. The van der Waals surface area contributed by atoms with Crippen LogP contribution in [0.1, 0.15) is 61.3 Å². The van der Waals surface area contributed by atoms with Gasteiger partial charge in [-0.05, 0) is 47.5 Å². The van der Waals surface area contributed by atoms with Gasteiger partial charge in [-0.3, -0.25) is 0 Å². The highest BCUT2D eigenvalue weighted by molar-refractivity contribution is 5.23. The van der Waals surface area contributed by atoms with Crippen LogP contribution in [0.15, 0.2) is 0 Å². The quantitative estimate of drug-likeness (QED) is 0.780. The molecule has 0 aromatic carbocycles. The van der Waals surface area contributed by atoms with Gasteiger partial charge in [0.1, 0.15) is 0 Å². The van der Waals surface area contributed by atoms with Crippen molar-refractivity contribution < 1.29 is 0 Å². The average molecular weight is 237 g/mol. The van der Waals surface area contributed by atoms with Crippen molar-refractivity contribution >= 4 is 0 Å². The van der Waals surface area contributed by atoms with E-state index in [1.807, 2.05) is 0 Å². The summed E-state index contributed by atoms with van der Waals surface area (Å²) in [6.45, 7) is 18.1. The maximum Gasteiger partial charge on any atom is 0.00105 e. The third-order valence-corrected chi connectivity index (χ3v) is 5.85. The Hall–Kier alpha value is -0.0400. The van der Waals surface area contributed by atoms with Crippen LogP contribution in [0.3, 0.4) is 0 Å². The van der Waals surface area contributed by atoms with Gasteiger partial charge in [0.05, 0.1) is 0 Å². The summed E-state index contributed by atoms with van der Waals surface area (Å²) in [6, 6.07) is 0.619. The Bertz CT molecular complexity index is 303. The summed E-state index contributed by atoms with van der Waals surface area (Å²) in [7, 11) is 0. The fourth-order valence-corrected chi connectivity index (χ4v) is 5.17. The number of rotatable bonds is 3. The van der Waals surface area contributed by atoms with Crippen molar-refractivity contribution in [3.63, 3.8) is 0 Å². The Kier molecular flexibility index (Phi) is 2.94. The molecule has 2 aliphatic carbocycles. The second-order valence-corrected chi connectivity index (χ2v) is 8.32. The zero-order chi connectivity index (χ0) is 13.1. The lowest BCUT2D eigenvalue weighted by Crippen LogP contribution is -2.27. The number of nitrogens with one attached hydrogen (secondary N) is 1. The molecule has 1 nitrogen and oxygen atoms in total. The fourth-order valence-electron chi connectivity index (χ4n) is 5.17. The molecular weight excluding hydrogens is 206 g/mol. The van der Waals surface area contributed by atoms with E-state index in [0.29, 0.717) is 22.3 Å². The molecule has 1 heteroatoms. The lowest BCUT2D eigenvalue weighted by Gasteiger charge is -2.20. The van der Waals surface area contributed by atoms with Crippen molar-refractivity contribution in [3.8, 4) is 0 Å². The lowest BCUT2D eigenvalue weighted by atomic mass is 9.84. The van der Waals surface area contributed by atoms with E-state index in [1.165, 1.54) is 19.4 Å². The molecule has 0 bridgehead atoms. The predicted molar refractivity (Wildman–Crippen MR) is 75.0 cm³/mol. The summed E-state index contributed by atoms with van der Waals surface area (Å²) in [5, 5.41) is 3.66. The average Bonchev–Trinajstić information content (AvgIpc) is 2.43. The third-order valence-electron chi connectivity index (χ3n) is 5.85. The molecule has 2 saturated carbocycles. The van der Waals surface area contributed by atoms with Gasteiger partial charge in [-0.25, -0.2) is 0 Å². The Morgan fingerprint density at radius 3 is 2.18 bits per heavy atom. The van der Waals surface area contributed by atoms with Crippen LogP contribution in [0.25, 0.3) is 0 Å². The van der Waals surface area contributed by atoms with Gasteiger partial charge in [0.2, 0.25) is 0 Å². The molecule has 100 valence electrons. The molecule has 3 unspecified atom stereocenters. The molecule has 3 atom stereocenters. The van der Waals surface area contributed by atoms with E-state index in [4.69, 9.17) is 0 Å². The van der Waals surface area contributed by atoms with Crippen molar-refractivity contribution in [3.05, 3.63) is 0 Å². The van der Waals surface area contributed by atoms with Crippen LogP contribution in [-0.2, 0) is 0 Å². The van der Waals surface area contributed by atoms with E-state index in [1.54, 1.807) is 0 Å². The van der Waals surface area contributed by atoms with E-state index in [-0.39, 0.29) is 0 Å². The molecule has 0 heterocycles. The van der Waals surface area contributed by atoms with Crippen LogP contribution in [0, 0.1) is 28.1 Å². The van der Waals surface area contributed by atoms with Gasteiger partial charge >= 0.3 is 0 Å². The van der Waals surface area contributed by atoms with Gasteiger partial charge in [-0.2, -0.15) is 0 Å². The molecular formula is C16H31N. The molecule has 2 rings (SSSR count). The smallest absolute Gasteiger partial charge is 0.00105 e. The van der Waals surface area contributed by atoms with Crippen molar-refractivity contribution in [1.82, 2.24) is 5.32 Å². The summed E-state index contributed by atoms with van der Waals surface area (Å²) < 4.78 is 0. The van der Waals surface area contributed by atoms with Crippen molar-refractivity contribution in [2.75, 3.05) is 6.54 Å². The van der Waals surface area contributed by atoms with Gasteiger partial charge in [0.15, 0.2) is 0 Å². The highest BCUT2D eigenvalue weighted by Gasteiger charge is 2.75. The van der Waals surface area contributed by atoms with Gasteiger partial charge in [-0.1, -0.05) is 48.5 Å². The fraction of sp³-hybridized carbons (Fsp3) is 1.00. The van der Waals surface area contributed by atoms with E-state index in [9.17, 15) is 0 Å². The number of hydrogen-bond acceptors (Lipinski definition) is 1. The molecule has 17 heavy (non-hydrogen) atoms. The zero-order valence-corrected chi connectivity index (χ0v) is 12.9. The second-order valence-electron chi connectivity index (χ2n) is 8.32. The maximum absolute atomic E-state index is 3.66. The molecule has 2 aliphatic rings. The van der Waals surface area contributed by atoms with Crippen LogP contribution < -0.4 is 5.32 Å². The van der Waals surface area contributed by atoms with Crippen LogP contribution in [-0.4, -0.2) is 12.6 Å². The normalized spacial score (nSPS) is 42.4. The van der Waals surface area contributed by atoms with E-state index < -0.39 is 0 Å². The van der Waals surface area contributed by atoms with Crippen LogP contribution in [0.2, 0.25) is 0 Å². The SMILES string of the molecule is CC(C)NCC1C(C)(C)C12CC(C)(C)CC2C. The van der Waals surface area contributed by atoms with Gasteiger partial charge < -0.3 is 5.32 Å². The minimum atomic E-state index is 0.544. The van der Waals surface area contributed by atoms with E-state index in [2.05, 4.69) is 53.8 Å². The maximum atomic E-state index is 3.66. The van der Waals surface area contributed by atoms with Crippen molar-refractivity contribution in [2.24, 2.45) is 28.1 Å². The lowest BCUT2D eigenvalue weighted by molar-refractivity contribution is 0.285. The topological polar surface area (TPSA) is 12.0 Å². The van der Waals surface area contributed by atoms with Crippen molar-refractivity contribution in [1.29, 1.82) is 0 Å². The molecule has 0 saturated heterocycles. The minimum absolute atomic E-state index is 0.544. The highest BCUT2D eigenvalue weighted by Crippen LogP contribution is 2.79. The molecule has 0 aromatic heterocycles. The first-order valence-electron chi connectivity index (χ1n) is 7.37. The molecule has 1 spiro atoms. The summed E-state index contributed by atoms with van der Waals surface area (Å²) >= 11 is 0. The van der Waals surface area contributed by atoms with Crippen LogP contribution >= 0.6 is 0 Å².